The van der Waals surface area contributed by atoms with Crippen molar-refractivity contribution in [1.29, 1.82) is 0 Å². The van der Waals surface area contributed by atoms with Gasteiger partial charge in [-0.2, -0.15) is 5.10 Å². The van der Waals surface area contributed by atoms with E-state index in [0.717, 1.165) is 6.54 Å². The van der Waals surface area contributed by atoms with Gasteiger partial charge < -0.3 is 5.32 Å². The minimum absolute atomic E-state index is 0.438. The number of hydrogen-bond donors (Lipinski definition) is 2. The van der Waals surface area contributed by atoms with E-state index in [1.807, 2.05) is 6.20 Å². The number of aromatic nitrogens is 2. The molecule has 2 N–H and O–H groups in total. The second kappa shape index (κ2) is 4.34. The Bertz CT molecular complexity index is 510. The normalized spacial score (nSPS) is 19.7. The fourth-order valence-electron chi connectivity index (χ4n) is 2.54. The number of rotatable bonds is 2. The van der Waals surface area contributed by atoms with Gasteiger partial charge >= 0.3 is 0 Å². The summed E-state index contributed by atoms with van der Waals surface area (Å²) in [7, 11) is 0. The van der Waals surface area contributed by atoms with E-state index >= 15 is 0 Å². The van der Waals surface area contributed by atoms with Gasteiger partial charge in [-0.3, -0.25) is 5.10 Å². The van der Waals surface area contributed by atoms with Gasteiger partial charge in [0, 0.05) is 11.6 Å². The highest BCUT2D eigenvalue weighted by Crippen LogP contribution is 2.30. The third-order valence-corrected chi connectivity index (χ3v) is 3.41. The highest BCUT2D eigenvalue weighted by atomic mass is 15.1. The van der Waals surface area contributed by atoms with Gasteiger partial charge in [0.2, 0.25) is 0 Å². The van der Waals surface area contributed by atoms with E-state index in [1.165, 1.54) is 35.2 Å². The van der Waals surface area contributed by atoms with Crippen LogP contribution in [0.25, 0.3) is 11.1 Å². The Morgan fingerprint density at radius 1 is 1.35 bits per heavy atom. The molecule has 1 aliphatic rings. The summed E-state index contributed by atoms with van der Waals surface area (Å²) in [6.07, 6.45) is 4.38. The molecule has 0 saturated carbocycles. The summed E-state index contributed by atoms with van der Waals surface area (Å²) in [5.41, 5.74) is 5.00. The summed E-state index contributed by atoms with van der Waals surface area (Å²) < 4.78 is 0. The Morgan fingerprint density at radius 3 is 3.06 bits per heavy atom. The van der Waals surface area contributed by atoms with Crippen LogP contribution in [0, 0.1) is 6.92 Å². The van der Waals surface area contributed by atoms with Crippen molar-refractivity contribution >= 4 is 0 Å². The third kappa shape index (κ3) is 1.98. The minimum atomic E-state index is 0.438. The molecular weight excluding hydrogens is 210 g/mol. The van der Waals surface area contributed by atoms with Crippen molar-refractivity contribution < 1.29 is 0 Å². The molecule has 2 heterocycles. The summed E-state index contributed by atoms with van der Waals surface area (Å²) in [5, 5.41) is 10.9. The Morgan fingerprint density at radius 2 is 2.29 bits per heavy atom. The molecule has 1 saturated heterocycles. The maximum atomic E-state index is 4.21. The second-order valence-corrected chi connectivity index (χ2v) is 4.72. The SMILES string of the molecule is Cc1cccc(-c2cn[nH]c2C2CCCN2)c1. The molecule has 3 heteroatoms. The molecule has 0 amide bonds. The van der Waals surface area contributed by atoms with E-state index in [2.05, 4.69) is 46.7 Å². The van der Waals surface area contributed by atoms with E-state index in [4.69, 9.17) is 0 Å². The molecule has 0 radical (unpaired) electrons. The highest BCUT2D eigenvalue weighted by Gasteiger charge is 2.21. The Balaban J connectivity index is 2.00. The van der Waals surface area contributed by atoms with Crippen LogP contribution < -0.4 is 5.32 Å². The van der Waals surface area contributed by atoms with Crippen molar-refractivity contribution in [3.63, 3.8) is 0 Å². The van der Waals surface area contributed by atoms with E-state index in [0.29, 0.717) is 6.04 Å². The molecule has 1 atom stereocenters. The summed E-state index contributed by atoms with van der Waals surface area (Å²) in [4.78, 5) is 0. The molecular formula is C14H17N3. The van der Waals surface area contributed by atoms with Crippen molar-refractivity contribution in [3.8, 4) is 11.1 Å². The zero-order chi connectivity index (χ0) is 11.7. The lowest BCUT2D eigenvalue weighted by molar-refractivity contribution is 0.626. The van der Waals surface area contributed by atoms with Crippen LogP contribution in [-0.2, 0) is 0 Å². The molecule has 3 nitrogen and oxygen atoms in total. The van der Waals surface area contributed by atoms with E-state index in [1.54, 1.807) is 0 Å². The van der Waals surface area contributed by atoms with Crippen molar-refractivity contribution in [2.24, 2.45) is 0 Å². The first-order chi connectivity index (χ1) is 8.34. The number of benzene rings is 1. The molecule has 1 unspecified atom stereocenters. The fraction of sp³-hybridized carbons (Fsp3) is 0.357. The molecule has 1 aromatic heterocycles. The van der Waals surface area contributed by atoms with E-state index in [-0.39, 0.29) is 0 Å². The van der Waals surface area contributed by atoms with Crippen LogP contribution in [0.3, 0.4) is 0 Å². The zero-order valence-electron chi connectivity index (χ0n) is 10.0. The minimum Gasteiger partial charge on any atom is -0.309 e. The number of aryl methyl sites for hydroxylation is 1. The maximum absolute atomic E-state index is 4.21. The van der Waals surface area contributed by atoms with Crippen molar-refractivity contribution in [1.82, 2.24) is 15.5 Å². The zero-order valence-corrected chi connectivity index (χ0v) is 10.0. The van der Waals surface area contributed by atoms with Crippen LogP contribution in [0.1, 0.15) is 30.1 Å². The van der Waals surface area contributed by atoms with Gasteiger partial charge in [0.25, 0.3) is 0 Å². The molecule has 0 spiro atoms. The predicted molar refractivity (Wildman–Crippen MR) is 68.7 cm³/mol. The number of nitrogens with zero attached hydrogens (tertiary/aromatic N) is 1. The van der Waals surface area contributed by atoms with Gasteiger partial charge in [-0.1, -0.05) is 29.8 Å². The van der Waals surface area contributed by atoms with Crippen LogP contribution in [0.2, 0.25) is 0 Å². The van der Waals surface area contributed by atoms with Gasteiger partial charge in [0.15, 0.2) is 0 Å². The monoisotopic (exact) mass is 227 g/mol. The highest BCUT2D eigenvalue weighted by molar-refractivity contribution is 5.66. The maximum Gasteiger partial charge on any atom is 0.0599 e. The lowest BCUT2D eigenvalue weighted by Gasteiger charge is -2.11. The van der Waals surface area contributed by atoms with Crippen LogP contribution in [0.15, 0.2) is 30.5 Å². The Kier molecular flexibility index (Phi) is 2.69. The van der Waals surface area contributed by atoms with Crippen molar-refractivity contribution in [2.75, 3.05) is 6.54 Å². The smallest absolute Gasteiger partial charge is 0.0599 e. The molecule has 1 aromatic carbocycles. The van der Waals surface area contributed by atoms with Crippen molar-refractivity contribution in [3.05, 3.63) is 41.7 Å². The summed E-state index contributed by atoms with van der Waals surface area (Å²) >= 11 is 0. The molecule has 17 heavy (non-hydrogen) atoms. The quantitative estimate of drug-likeness (QED) is 0.828. The van der Waals surface area contributed by atoms with Gasteiger partial charge in [0.05, 0.1) is 11.9 Å². The Hall–Kier alpha value is -1.61. The number of H-pyrrole nitrogens is 1. The third-order valence-electron chi connectivity index (χ3n) is 3.41. The molecule has 2 aromatic rings. The van der Waals surface area contributed by atoms with Gasteiger partial charge in [0.1, 0.15) is 0 Å². The van der Waals surface area contributed by atoms with Gasteiger partial charge in [-0.05, 0) is 31.9 Å². The molecule has 3 rings (SSSR count). The molecule has 0 bridgehead atoms. The van der Waals surface area contributed by atoms with E-state index < -0.39 is 0 Å². The largest absolute Gasteiger partial charge is 0.309 e. The van der Waals surface area contributed by atoms with Crippen LogP contribution in [0.5, 0.6) is 0 Å². The average Bonchev–Trinajstić information content (AvgIpc) is 3.00. The molecule has 1 aliphatic heterocycles. The van der Waals surface area contributed by atoms with Crippen molar-refractivity contribution in [2.45, 2.75) is 25.8 Å². The summed E-state index contributed by atoms with van der Waals surface area (Å²) in [5.74, 6) is 0. The molecule has 1 fully saturated rings. The number of nitrogens with one attached hydrogen (secondary N) is 2. The van der Waals surface area contributed by atoms with Crippen LogP contribution >= 0.6 is 0 Å². The summed E-state index contributed by atoms with van der Waals surface area (Å²) in [6.45, 7) is 3.23. The lowest BCUT2D eigenvalue weighted by atomic mass is 10.0. The average molecular weight is 227 g/mol. The standard InChI is InChI=1S/C14H17N3/c1-10-4-2-5-11(8-10)12-9-16-17-14(12)13-6-3-7-15-13/h2,4-5,8-9,13,15H,3,6-7H2,1H3,(H,16,17). The second-order valence-electron chi connectivity index (χ2n) is 4.72. The number of hydrogen-bond acceptors (Lipinski definition) is 2. The van der Waals surface area contributed by atoms with Gasteiger partial charge in [-0.15, -0.1) is 0 Å². The first-order valence-electron chi connectivity index (χ1n) is 6.18. The first kappa shape index (κ1) is 10.5. The van der Waals surface area contributed by atoms with Crippen LogP contribution in [0.4, 0.5) is 0 Å². The predicted octanol–water partition coefficient (Wildman–Crippen LogP) is 2.81. The molecule has 88 valence electrons. The first-order valence-corrected chi connectivity index (χ1v) is 6.18. The fourth-order valence-corrected chi connectivity index (χ4v) is 2.54. The van der Waals surface area contributed by atoms with E-state index in [9.17, 15) is 0 Å². The number of aromatic amines is 1. The summed E-state index contributed by atoms with van der Waals surface area (Å²) in [6, 6.07) is 9.02. The molecule has 0 aliphatic carbocycles. The lowest BCUT2D eigenvalue weighted by Crippen LogP contribution is -2.14. The van der Waals surface area contributed by atoms with Crippen LogP contribution in [-0.4, -0.2) is 16.7 Å². The van der Waals surface area contributed by atoms with Gasteiger partial charge in [-0.25, -0.2) is 0 Å². The Labute approximate surface area is 101 Å². The topological polar surface area (TPSA) is 40.7 Å².